The molecule has 90 valence electrons. The Balaban J connectivity index is 2.40. The summed E-state index contributed by atoms with van der Waals surface area (Å²) in [6.45, 7) is 8.31. The van der Waals surface area contributed by atoms with Crippen molar-refractivity contribution in [2.75, 3.05) is 26.3 Å². The third-order valence-corrected chi connectivity index (χ3v) is 2.46. The molecule has 0 aliphatic heterocycles. The van der Waals surface area contributed by atoms with Gasteiger partial charge in [0.1, 0.15) is 5.15 Å². The van der Waals surface area contributed by atoms with Gasteiger partial charge in [-0.05, 0) is 13.5 Å². The summed E-state index contributed by atoms with van der Waals surface area (Å²) in [5.74, 6) is 0. The van der Waals surface area contributed by atoms with Gasteiger partial charge in [0.05, 0.1) is 24.7 Å². The summed E-state index contributed by atoms with van der Waals surface area (Å²) in [7, 11) is 0. The van der Waals surface area contributed by atoms with E-state index in [9.17, 15) is 0 Å². The van der Waals surface area contributed by atoms with Crippen LogP contribution in [-0.4, -0.2) is 41.2 Å². The molecule has 0 N–H and O–H groups in total. The van der Waals surface area contributed by atoms with Gasteiger partial charge in [0, 0.05) is 19.7 Å². The third-order valence-electron chi connectivity index (χ3n) is 2.26. The lowest BCUT2D eigenvalue weighted by Crippen LogP contribution is -2.27. The third kappa shape index (κ3) is 4.88. The van der Waals surface area contributed by atoms with Gasteiger partial charge in [-0.1, -0.05) is 18.5 Å². The first kappa shape index (κ1) is 13.4. The van der Waals surface area contributed by atoms with E-state index < -0.39 is 0 Å². The number of rotatable bonds is 7. The highest BCUT2D eigenvalue weighted by Crippen LogP contribution is 2.04. The Hall–Kier alpha value is -0.710. The fourth-order valence-electron chi connectivity index (χ4n) is 1.34. The first-order valence-corrected chi connectivity index (χ1v) is 5.90. The second kappa shape index (κ2) is 7.54. The van der Waals surface area contributed by atoms with Gasteiger partial charge >= 0.3 is 0 Å². The molecule has 5 heteroatoms. The zero-order valence-electron chi connectivity index (χ0n) is 9.82. The molecule has 0 radical (unpaired) electrons. The summed E-state index contributed by atoms with van der Waals surface area (Å²) in [6.07, 6.45) is 3.29. The molecular formula is C11H18ClN3O. The minimum absolute atomic E-state index is 0.432. The molecule has 0 bridgehead atoms. The van der Waals surface area contributed by atoms with Crippen LogP contribution in [0.4, 0.5) is 0 Å². The first-order valence-electron chi connectivity index (χ1n) is 5.52. The van der Waals surface area contributed by atoms with Crippen LogP contribution in [-0.2, 0) is 11.3 Å². The van der Waals surface area contributed by atoms with Crippen molar-refractivity contribution >= 4 is 11.6 Å². The summed E-state index contributed by atoms with van der Waals surface area (Å²) in [6, 6.07) is 0. The molecule has 0 unspecified atom stereocenters. The van der Waals surface area contributed by atoms with Crippen LogP contribution in [0.15, 0.2) is 12.4 Å². The lowest BCUT2D eigenvalue weighted by Gasteiger charge is -2.19. The molecule has 0 aromatic carbocycles. The Morgan fingerprint density at radius 2 is 2.12 bits per heavy atom. The minimum atomic E-state index is 0.432. The van der Waals surface area contributed by atoms with Gasteiger partial charge in [0.2, 0.25) is 0 Å². The van der Waals surface area contributed by atoms with Crippen molar-refractivity contribution in [1.82, 2.24) is 14.9 Å². The predicted molar refractivity (Wildman–Crippen MR) is 64.5 cm³/mol. The Kier molecular flexibility index (Phi) is 6.30. The van der Waals surface area contributed by atoms with Gasteiger partial charge in [0.25, 0.3) is 0 Å². The molecule has 1 rings (SSSR count). The van der Waals surface area contributed by atoms with Crippen LogP contribution in [0, 0.1) is 0 Å². The van der Waals surface area contributed by atoms with E-state index in [-0.39, 0.29) is 0 Å². The molecule has 0 saturated carbocycles. The van der Waals surface area contributed by atoms with Gasteiger partial charge in [0.15, 0.2) is 0 Å². The van der Waals surface area contributed by atoms with E-state index in [1.807, 2.05) is 6.92 Å². The number of likely N-dealkylation sites (N-methyl/N-ethyl adjacent to an activating group) is 1. The SMILES string of the molecule is CCOCCN(CC)Cc1cnc(Cl)cn1. The summed E-state index contributed by atoms with van der Waals surface area (Å²) in [4.78, 5) is 10.5. The molecule has 0 aliphatic carbocycles. The van der Waals surface area contributed by atoms with E-state index in [0.717, 1.165) is 38.5 Å². The maximum atomic E-state index is 5.68. The summed E-state index contributed by atoms with van der Waals surface area (Å²) < 4.78 is 5.32. The molecule has 0 spiro atoms. The molecule has 16 heavy (non-hydrogen) atoms. The van der Waals surface area contributed by atoms with E-state index in [4.69, 9.17) is 16.3 Å². The number of hydrogen-bond acceptors (Lipinski definition) is 4. The zero-order chi connectivity index (χ0) is 11.8. The smallest absolute Gasteiger partial charge is 0.147 e. The molecule has 0 aliphatic rings. The van der Waals surface area contributed by atoms with Crippen molar-refractivity contribution in [3.05, 3.63) is 23.2 Å². The maximum absolute atomic E-state index is 5.68. The number of halogens is 1. The van der Waals surface area contributed by atoms with Crippen LogP contribution in [0.25, 0.3) is 0 Å². The molecule has 1 aromatic rings. The Bertz CT molecular complexity index is 292. The van der Waals surface area contributed by atoms with Crippen molar-refractivity contribution in [3.8, 4) is 0 Å². The molecule has 0 saturated heterocycles. The highest BCUT2D eigenvalue weighted by molar-refractivity contribution is 6.29. The minimum Gasteiger partial charge on any atom is -0.380 e. The molecule has 0 amide bonds. The summed E-state index contributed by atoms with van der Waals surface area (Å²) in [5, 5.41) is 0.432. The molecular weight excluding hydrogens is 226 g/mol. The van der Waals surface area contributed by atoms with Gasteiger partial charge in [-0.15, -0.1) is 0 Å². The second-order valence-corrected chi connectivity index (χ2v) is 3.78. The average molecular weight is 244 g/mol. The van der Waals surface area contributed by atoms with Gasteiger partial charge < -0.3 is 4.74 Å². The van der Waals surface area contributed by atoms with Crippen molar-refractivity contribution in [3.63, 3.8) is 0 Å². The van der Waals surface area contributed by atoms with Gasteiger partial charge in [-0.25, -0.2) is 4.98 Å². The van der Waals surface area contributed by atoms with Crippen LogP contribution in [0.3, 0.4) is 0 Å². The normalized spacial score (nSPS) is 11.0. The average Bonchev–Trinajstić information content (AvgIpc) is 2.31. The van der Waals surface area contributed by atoms with Crippen molar-refractivity contribution in [2.45, 2.75) is 20.4 Å². The van der Waals surface area contributed by atoms with Crippen LogP contribution in [0.2, 0.25) is 5.15 Å². The Morgan fingerprint density at radius 3 is 2.69 bits per heavy atom. The molecule has 1 heterocycles. The number of nitrogens with zero attached hydrogens (tertiary/aromatic N) is 3. The summed E-state index contributed by atoms with van der Waals surface area (Å²) >= 11 is 5.68. The van der Waals surface area contributed by atoms with E-state index in [1.54, 1.807) is 12.4 Å². The van der Waals surface area contributed by atoms with Crippen molar-refractivity contribution in [1.29, 1.82) is 0 Å². The fourth-order valence-corrected chi connectivity index (χ4v) is 1.43. The fraction of sp³-hybridized carbons (Fsp3) is 0.636. The summed E-state index contributed by atoms with van der Waals surface area (Å²) in [5.41, 5.74) is 0.933. The predicted octanol–water partition coefficient (Wildman–Crippen LogP) is 1.99. The van der Waals surface area contributed by atoms with E-state index in [1.165, 1.54) is 0 Å². The van der Waals surface area contributed by atoms with E-state index >= 15 is 0 Å². The maximum Gasteiger partial charge on any atom is 0.147 e. The van der Waals surface area contributed by atoms with Crippen LogP contribution < -0.4 is 0 Å². The van der Waals surface area contributed by atoms with Crippen LogP contribution in [0.1, 0.15) is 19.5 Å². The molecule has 0 fully saturated rings. The van der Waals surface area contributed by atoms with Crippen molar-refractivity contribution < 1.29 is 4.74 Å². The highest BCUT2D eigenvalue weighted by atomic mass is 35.5. The zero-order valence-corrected chi connectivity index (χ0v) is 10.6. The first-order chi connectivity index (χ1) is 7.76. The van der Waals surface area contributed by atoms with Crippen LogP contribution >= 0.6 is 11.6 Å². The van der Waals surface area contributed by atoms with Crippen LogP contribution in [0.5, 0.6) is 0 Å². The molecule has 0 atom stereocenters. The monoisotopic (exact) mass is 243 g/mol. The lowest BCUT2D eigenvalue weighted by atomic mass is 10.4. The van der Waals surface area contributed by atoms with E-state index in [0.29, 0.717) is 5.15 Å². The largest absolute Gasteiger partial charge is 0.380 e. The molecule has 4 nitrogen and oxygen atoms in total. The molecule has 1 aromatic heterocycles. The van der Waals surface area contributed by atoms with Gasteiger partial charge in [-0.3, -0.25) is 9.88 Å². The number of hydrogen-bond donors (Lipinski definition) is 0. The highest BCUT2D eigenvalue weighted by Gasteiger charge is 2.04. The second-order valence-electron chi connectivity index (χ2n) is 3.40. The number of ether oxygens (including phenoxy) is 1. The van der Waals surface area contributed by atoms with Crippen molar-refractivity contribution in [2.24, 2.45) is 0 Å². The quantitative estimate of drug-likeness (QED) is 0.687. The van der Waals surface area contributed by atoms with Gasteiger partial charge in [-0.2, -0.15) is 0 Å². The Labute approximate surface area is 102 Å². The lowest BCUT2D eigenvalue weighted by molar-refractivity contribution is 0.112. The number of aromatic nitrogens is 2. The Morgan fingerprint density at radius 1 is 1.31 bits per heavy atom. The topological polar surface area (TPSA) is 38.2 Å². The van der Waals surface area contributed by atoms with E-state index in [2.05, 4.69) is 21.8 Å². The standard InChI is InChI=1S/C11H18ClN3O/c1-3-15(5-6-16-4-2)9-10-7-14-11(12)8-13-10/h7-8H,3-6,9H2,1-2H3.